The second-order valence-electron chi connectivity index (χ2n) is 12.9. The van der Waals surface area contributed by atoms with Crippen molar-refractivity contribution in [2.24, 2.45) is 0 Å². The Hall–Kier alpha value is -6.36. The van der Waals surface area contributed by atoms with Crippen molar-refractivity contribution in [3.63, 3.8) is 0 Å². The first kappa shape index (κ1) is 27.6. The third-order valence-corrected chi connectivity index (χ3v) is 11.3. The number of fused-ring (bicyclic) bond motifs is 12. The monoisotopic (exact) mass is 657 g/mol. The first-order valence-electron chi connectivity index (χ1n) is 16.8. The summed E-state index contributed by atoms with van der Waals surface area (Å²) in [5.74, 6) is 0. The van der Waals surface area contributed by atoms with Crippen LogP contribution in [0.2, 0.25) is 0 Å². The van der Waals surface area contributed by atoms with Crippen LogP contribution in [0.1, 0.15) is 0 Å². The van der Waals surface area contributed by atoms with Crippen molar-refractivity contribution in [1.82, 2.24) is 0 Å². The summed E-state index contributed by atoms with van der Waals surface area (Å²) < 4.78 is 15.7. The van der Waals surface area contributed by atoms with Gasteiger partial charge in [0, 0.05) is 53.1 Å². The minimum Gasteiger partial charge on any atom is -0.456 e. The van der Waals surface area contributed by atoms with E-state index in [1.54, 1.807) is 0 Å². The van der Waals surface area contributed by atoms with Gasteiger partial charge in [0.1, 0.15) is 16.7 Å². The van der Waals surface area contributed by atoms with Gasteiger partial charge in [-0.1, -0.05) is 109 Å². The van der Waals surface area contributed by atoms with Gasteiger partial charge in [0.2, 0.25) is 0 Å². The Balaban J connectivity index is 1.18. The Morgan fingerprint density at radius 3 is 2.04 bits per heavy atom. The Morgan fingerprint density at radius 1 is 0.420 bits per heavy atom. The van der Waals surface area contributed by atoms with Crippen LogP contribution in [0, 0.1) is 0 Å². The topological polar surface area (TPSA) is 29.5 Å². The van der Waals surface area contributed by atoms with Gasteiger partial charge in [0.25, 0.3) is 0 Å². The molecule has 0 aliphatic carbocycles. The molecule has 0 saturated heterocycles. The predicted molar refractivity (Wildman–Crippen MR) is 212 cm³/mol. The van der Waals surface area contributed by atoms with Crippen LogP contribution in [0.4, 0.5) is 17.1 Å². The maximum Gasteiger partial charge on any atom is 0.159 e. The van der Waals surface area contributed by atoms with Crippen LogP contribution in [0.25, 0.3) is 85.9 Å². The number of rotatable bonds is 4. The summed E-state index contributed by atoms with van der Waals surface area (Å²) in [6, 6.07) is 58.1. The maximum absolute atomic E-state index is 6.62. The molecule has 8 aromatic carbocycles. The van der Waals surface area contributed by atoms with E-state index >= 15 is 0 Å². The van der Waals surface area contributed by atoms with Gasteiger partial charge in [-0.05, 0) is 76.5 Å². The molecule has 11 rings (SSSR count). The Morgan fingerprint density at radius 2 is 1.14 bits per heavy atom. The van der Waals surface area contributed by atoms with Crippen LogP contribution in [0.15, 0.2) is 173 Å². The fraction of sp³-hybridized carbons (Fsp3) is 0. The number of para-hydroxylation sites is 2. The molecule has 0 N–H and O–H groups in total. The average molecular weight is 658 g/mol. The second-order valence-corrected chi connectivity index (χ2v) is 13.9. The smallest absolute Gasteiger partial charge is 0.159 e. The maximum atomic E-state index is 6.62. The molecule has 234 valence electrons. The molecule has 50 heavy (non-hydrogen) atoms. The van der Waals surface area contributed by atoms with Crippen LogP contribution in [-0.2, 0) is 0 Å². The zero-order valence-electron chi connectivity index (χ0n) is 26.8. The molecule has 0 aliphatic rings. The fourth-order valence-electron chi connectivity index (χ4n) is 7.76. The summed E-state index contributed by atoms with van der Waals surface area (Å²) in [6.07, 6.45) is 0. The first-order valence-corrected chi connectivity index (χ1v) is 17.7. The molecule has 0 fully saturated rings. The lowest BCUT2D eigenvalue weighted by atomic mass is 10.0. The van der Waals surface area contributed by atoms with E-state index in [-0.39, 0.29) is 0 Å². The molecule has 0 unspecified atom stereocenters. The highest BCUT2D eigenvalue weighted by Crippen LogP contribution is 2.47. The third kappa shape index (κ3) is 4.03. The summed E-state index contributed by atoms with van der Waals surface area (Å²) in [5.41, 5.74) is 8.93. The third-order valence-electron chi connectivity index (χ3n) is 10.1. The highest BCUT2D eigenvalue weighted by molar-refractivity contribution is 7.27. The number of furan rings is 2. The van der Waals surface area contributed by atoms with E-state index in [1.165, 1.54) is 42.1 Å². The van der Waals surface area contributed by atoms with Crippen molar-refractivity contribution in [2.75, 3.05) is 4.90 Å². The summed E-state index contributed by atoms with van der Waals surface area (Å²) >= 11 is 1.86. The molecular weight excluding hydrogens is 631 g/mol. The van der Waals surface area contributed by atoms with Crippen LogP contribution < -0.4 is 4.90 Å². The van der Waals surface area contributed by atoms with Crippen molar-refractivity contribution in [2.45, 2.75) is 0 Å². The SMILES string of the molecule is c1ccc(-c2ccc(N(c3ccc4oc5ccc6sc7c8ccccc8ccc7c6c5c4c3)c3cccc4c3oc3ccccc34)cc2)cc1. The molecule has 0 spiro atoms. The van der Waals surface area contributed by atoms with Gasteiger partial charge in [-0.15, -0.1) is 11.3 Å². The molecule has 11 aromatic rings. The van der Waals surface area contributed by atoms with Crippen LogP contribution >= 0.6 is 11.3 Å². The number of benzene rings is 8. The lowest BCUT2D eigenvalue weighted by Crippen LogP contribution is -2.10. The number of thiophene rings is 1. The number of hydrogen-bond acceptors (Lipinski definition) is 4. The lowest BCUT2D eigenvalue weighted by molar-refractivity contribution is 0.669. The summed E-state index contributed by atoms with van der Waals surface area (Å²) in [4.78, 5) is 2.32. The van der Waals surface area contributed by atoms with E-state index in [0.29, 0.717) is 0 Å². The van der Waals surface area contributed by atoms with Gasteiger partial charge in [-0.2, -0.15) is 0 Å². The summed E-state index contributed by atoms with van der Waals surface area (Å²) in [7, 11) is 0. The van der Waals surface area contributed by atoms with E-state index in [4.69, 9.17) is 8.83 Å². The normalized spacial score (nSPS) is 12.0. The van der Waals surface area contributed by atoms with Gasteiger partial charge >= 0.3 is 0 Å². The minimum absolute atomic E-state index is 0.857. The predicted octanol–water partition coefficient (Wildman–Crippen LogP) is 14.1. The molecule has 0 bridgehead atoms. The molecule has 3 nitrogen and oxygen atoms in total. The van der Waals surface area contributed by atoms with E-state index in [0.717, 1.165) is 60.9 Å². The number of nitrogens with zero attached hydrogens (tertiary/aromatic N) is 1. The van der Waals surface area contributed by atoms with Crippen molar-refractivity contribution in [3.8, 4) is 11.1 Å². The number of anilines is 3. The number of hydrogen-bond donors (Lipinski definition) is 0. The lowest BCUT2D eigenvalue weighted by Gasteiger charge is -2.26. The Labute approximate surface area is 290 Å². The average Bonchev–Trinajstić information content (AvgIpc) is 3.87. The zero-order chi connectivity index (χ0) is 32.8. The second kappa shape index (κ2) is 10.6. The Bertz CT molecular complexity index is 3090. The molecule has 0 saturated carbocycles. The van der Waals surface area contributed by atoms with Crippen LogP contribution in [0.5, 0.6) is 0 Å². The molecule has 4 heteroatoms. The molecule has 3 aromatic heterocycles. The van der Waals surface area contributed by atoms with Crippen molar-refractivity contribution in [3.05, 3.63) is 164 Å². The molecule has 0 amide bonds. The molecule has 0 atom stereocenters. The van der Waals surface area contributed by atoms with Crippen LogP contribution in [0.3, 0.4) is 0 Å². The standard InChI is InChI=1S/C46H27NO2S/c1-2-9-28(10-3-1)29-17-20-31(21-18-29)47(38-15-8-14-35-34-13-6-7-16-39(34)49-45(35)38)32-22-24-40-37(27-32)43-41(48-40)25-26-42-44(43)36-23-19-30-11-4-5-12-33(30)46(36)50-42/h1-27H. The van der Waals surface area contributed by atoms with Gasteiger partial charge in [-0.3, -0.25) is 0 Å². The molecule has 3 heterocycles. The quantitative estimate of drug-likeness (QED) is 0.189. The van der Waals surface area contributed by atoms with Crippen molar-refractivity contribution < 1.29 is 8.83 Å². The van der Waals surface area contributed by atoms with E-state index in [9.17, 15) is 0 Å². The van der Waals surface area contributed by atoms with Gasteiger partial charge in [0.05, 0.1) is 5.69 Å². The van der Waals surface area contributed by atoms with Gasteiger partial charge < -0.3 is 13.7 Å². The largest absolute Gasteiger partial charge is 0.456 e. The van der Waals surface area contributed by atoms with Gasteiger partial charge in [0.15, 0.2) is 5.58 Å². The van der Waals surface area contributed by atoms with E-state index < -0.39 is 0 Å². The molecule has 0 radical (unpaired) electrons. The molecular formula is C46H27NO2S. The fourth-order valence-corrected chi connectivity index (χ4v) is 9.00. The summed E-state index contributed by atoms with van der Waals surface area (Å²) in [6.45, 7) is 0. The van der Waals surface area contributed by atoms with Gasteiger partial charge in [-0.25, -0.2) is 0 Å². The highest BCUT2D eigenvalue weighted by Gasteiger charge is 2.22. The van der Waals surface area contributed by atoms with Crippen molar-refractivity contribution >= 4 is 103 Å². The highest BCUT2D eigenvalue weighted by atomic mass is 32.1. The summed E-state index contributed by atoms with van der Waals surface area (Å²) in [5, 5.41) is 9.52. The van der Waals surface area contributed by atoms with E-state index in [1.807, 2.05) is 23.5 Å². The molecule has 0 aliphatic heterocycles. The van der Waals surface area contributed by atoms with Crippen molar-refractivity contribution in [1.29, 1.82) is 0 Å². The van der Waals surface area contributed by atoms with Crippen LogP contribution in [-0.4, -0.2) is 0 Å². The first-order chi connectivity index (χ1) is 24.8. The Kier molecular flexibility index (Phi) is 5.83. The van der Waals surface area contributed by atoms with E-state index in [2.05, 4.69) is 157 Å². The zero-order valence-corrected chi connectivity index (χ0v) is 27.6. The minimum atomic E-state index is 0.857.